The summed E-state index contributed by atoms with van der Waals surface area (Å²) in [6.07, 6.45) is 1.33. The highest BCUT2D eigenvalue weighted by Crippen LogP contribution is 2.14. The number of rotatable bonds is 7. The van der Waals surface area contributed by atoms with E-state index < -0.39 is 0 Å². The van der Waals surface area contributed by atoms with Crippen LogP contribution < -0.4 is 4.74 Å². The highest BCUT2D eigenvalue weighted by atomic mass is 32.1. The molecule has 2 heterocycles. The van der Waals surface area contributed by atoms with Crippen LogP contribution in [0.4, 0.5) is 0 Å². The van der Waals surface area contributed by atoms with Gasteiger partial charge in [-0.3, -0.25) is 9.69 Å². The molecule has 1 amide bonds. The molecular weight excluding hydrogens is 320 g/mol. The topological polar surface area (TPSA) is 32.8 Å². The van der Waals surface area contributed by atoms with Gasteiger partial charge in [0.05, 0.1) is 6.61 Å². The summed E-state index contributed by atoms with van der Waals surface area (Å²) in [6, 6.07) is 14.0. The zero-order chi connectivity index (χ0) is 16.6. The van der Waals surface area contributed by atoms with Crippen molar-refractivity contribution in [1.29, 1.82) is 0 Å². The molecule has 0 bridgehead atoms. The number of hydrogen-bond donors (Lipinski definition) is 0. The van der Waals surface area contributed by atoms with Gasteiger partial charge in [-0.2, -0.15) is 0 Å². The van der Waals surface area contributed by atoms with Crippen molar-refractivity contribution in [2.45, 2.75) is 19.4 Å². The highest BCUT2D eigenvalue weighted by molar-refractivity contribution is 7.09. The summed E-state index contributed by atoms with van der Waals surface area (Å²) < 4.78 is 5.64. The lowest BCUT2D eigenvalue weighted by atomic mass is 10.2. The molecule has 0 aliphatic carbocycles. The molecule has 24 heavy (non-hydrogen) atoms. The summed E-state index contributed by atoms with van der Waals surface area (Å²) >= 11 is 1.80. The summed E-state index contributed by atoms with van der Waals surface area (Å²) in [5.74, 6) is 1.12. The molecule has 5 heteroatoms. The first-order valence-electron chi connectivity index (χ1n) is 8.51. The summed E-state index contributed by atoms with van der Waals surface area (Å²) in [7, 11) is 0. The molecule has 2 aromatic rings. The second kappa shape index (κ2) is 8.85. The maximum Gasteiger partial charge on any atom is 0.222 e. The second-order valence-corrected chi connectivity index (χ2v) is 7.03. The van der Waals surface area contributed by atoms with E-state index >= 15 is 0 Å². The third kappa shape index (κ3) is 5.08. The van der Waals surface area contributed by atoms with E-state index in [1.807, 2.05) is 35.2 Å². The molecule has 1 aliphatic rings. The number of para-hydroxylation sites is 1. The third-order valence-corrected chi connectivity index (χ3v) is 5.09. The molecular formula is C19H24N2O2S. The van der Waals surface area contributed by atoms with Gasteiger partial charge >= 0.3 is 0 Å². The van der Waals surface area contributed by atoms with Gasteiger partial charge in [0.15, 0.2) is 0 Å². The lowest BCUT2D eigenvalue weighted by Gasteiger charge is -2.34. The minimum absolute atomic E-state index is 0.252. The summed E-state index contributed by atoms with van der Waals surface area (Å²) in [5.41, 5.74) is 0. The molecule has 1 fully saturated rings. The van der Waals surface area contributed by atoms with E-state index in [2.05, 4.69) is 22.4 Å². The molecule has 0 radical (unpaired) electrons. The molecule has 1 aliphatic heterocycles. The number of ether oxygens (including phenoxy) is 1. The van der Waals surface area contributed by atoms with Crippen LogP contribution in [0.15, 0.2) is 47.8 Å². The standard InChI is InChI=1S/C19H24N2O2S/c22-19(9-4-14-23-17-6-2-1-3-7-17)21-12-10-20(11-13-21)16-18-8-5-15-24-18/h1-3,5-8,15H,4,9-14,16H2. The fraction of sp³-hybridized carbons (Fsp3) is 0.421. The third-order valence-electron chi connectivity index (χ3n) is 4.23. The molecule has 1 aromatic carbocycles. The number of carbonyl (C=O) groups excluding carboxylic acids is 1. The Bertz CT molecular complexity index is 608. The number of nitrogens with zero attached hydrogens (tertiary/aromatic N) is 2. The monoisotopic (exact) mass is 344 g/mol. The van der Waals surface area contributed by atoms with Crippen LogP contribution in [0.25, 0.3) is 0 Å². The first-order chi connectivity index (χ1) is 11.8. The van der Waals surface area contributed by atoms with Crippen LogP contribution in [0.5, 0.6) is 5.75 Å². The lowest BCUT2D eigenvalue weighted by Crippen LogP contribution is -2.48. The van der Waals surface area contributed by atoms with Crippen LogP contribution in [0.3, 0.4) is 0 Å². The Morgan fingerprint density at radius 2 is 1.83 bits per heavy atom. The average molecular weight is 344 g/mol. The van der Waals surface area contributed by atoms with Crippen LogP contribution in [-0.4, -0.2) is 48.5 Å². The smallest absolute Gasteiger partial charge is 0.222 e. The Labute approximate surface area is 147 Å². The SMILES string of the molecule is O=C(CCCOc1ccccc1)N1CCN(Cc2cccs2)CC1. The second-order valence-electron chi connectivity index (χ2n) is 6.00. The Morgan fingerprint density at radius 3 is 2.54 bits per heavy atom. The van der Waals surface area contributed by atoms with Crippen molar-refractivity contribution in [3.63, 3.8) is 0 Å². The van der Waals surface area contributed by atoms with Gasteiger partial charge in [0.25, 0.3) is 0 Å². The van der Waals surface area contributed by atoms with Crippen LogP contribution >= 0.6 is 11.3 Å². The van der Waals surface area contributed by atoms with Crippen molar-refractivity contribution >= 4 is 17.2 Å². The minimum atomic E-state index is 0.252. The van der Waals surface area contributed by atoms with Gasteiger partial charge in [-0.15, -0.1) is 11.3 Å². The van der Waals surface area contributed by atoms with Crippen LogP contribution in [0.2, 0.25) is 0 Å². The van der Waals surface area contributed by atoms with Crippen molar-refractivity contribution in [3.05, 3.63) is 52.7 Å². The summed E-state index contributed by atoms with van der Waals surface area (Å²) in [5, 5.41) is 2.12. The number of thiophene rings is 1. The maximum atomic E-state index is 12.3. The van der Waals surface area contributed by atoms with E-state index in [4.69, 9.17) is 4.74 Å². The predicted octanol–water partition coefficient (Wildman–Crippen LogP) is 3.25. The van der Waals surface area contributed by atoms with Crippen molar-refractivity contribution < 1.29 is 9.53 Å². The van der Waals surface area contributed by atoms with Crippen molar-refractivity contribution in [2.75, 3.05) is 32.8 Å². The van der Waals surface area contributed by atoms with Crippen molar-refractivity contribution in [2.24, 2.45) is 0 Å². The zero-order valence-corrected chi connectivity index (χ0v) is 14.7. The van der Waals surface area contributed by atoms with Gasteiger partial charge < -0.3 is 9.64 Å². The molecule has 0 N–H and O–H groups in total. The first kappa shape index (κ1) is 17.0. The Hall–Kier alpha value is -1.85. The van der Waals surface area contributed by atoms with Gasteiger partial charge in [-0.05, 0) is 30.0 Å². The van der Waals surface area contributed by atoms with Crippen LogP contribution in [0.1, 0.15) is 17.7 Å². The van der Waals surface area contributed by atoms with Gasteiger partial charge in [0, 0.05) is 44.0 Å². The summed E-state index contributed by atoms with van der Waals surface area (Å²) in [6.45, 7) is 5.19. The van der Waals surface area contributed by atoms with Gasteiger partial charge in [0.2, 0.25) is 5.91 Å². The molecule has 1 saturated heterocycles. The van der Waals surface area contributed by atoms with Crippen molar-refractivity contribution in [1.82, 2.24) is 9.80 Å². The molecule has 0 saturated carbocycles. The molecule has 0 spiro atoms. The average Bonchev–Trinajstić information content (AvgIpc) is 3.13. The fourth-order valence-electron chi connectivity index (χ4n) is 2.87. The van der Waals surface area contributed by atoms with Gasteiger partial charge in [-0.25, -0.2) is 0 Å². The number of carbonyl (C=O) groups is 1. The number of amides is 1. The van der Waals surface area contributed by atoms with Crippen LogP contribution in [0, 0.1) is 0 Å². The molecule has 0 unspecified atom stereocenters. The number of piperazine rings is 1. The van der Waals surface area contributed by atoms with Crippen LogP contribution in [-0.2, 0) is 11.3 Å². The Balaban J connectivity index is 1.32. The van der Waals surface area contributed by atoms with Gasteiger partial charge in [-0.1, -0.05) is 24.3 Å². The predicted molar refractivity (Wildman–Crippen MR) is 97.3 cm³/mol. The van der Waals surface area contributed by atoms with Gasteiger partial charge in [0.1, 0.15) is 5.75 Å². The Kier molecular flexibility index (Phi) is 6.26. The fourth-order valence-corrected chi connectivity index (χ4v) is 3.61. The Morgan fingerprint density at radius 1 is 1.04 bits per heavy atom. The highest BCUT2D eigenvalue weighted by Gasteiger charge is 2.20. The maximum absolute atomic E-state index is 12.3. The molecule has 0 atom stereocenters. The van der Waals surface area contributed by atoms with E-state index in [1.165, 1.54) is 4.88 Å². The molecule has 1 aromatic heterocycles. The van der Waals surface area contributed by atoms with E-state index in [0.717, 1.165) is 44.9 Å². The molecule has 3 rings (SSSR count). The molecule has 128 valence electrons. The zero-order valence-electron chi connectivity index (χ0n) is 13.9. The number of benzene rings is 1. The largest absolute Gasteiger partial charge is 0.494 e. The minimum Gasteiger partial charge on any atom is -0.494 e. The van der Waals surface area contributed by atoms with E-state index in [0.29, 0.717) is 13.0 Å². The van der Waals surface area contributed by atoms with E-state index in [-0.39, 0.29) is 5.91 Å². The summed E-state index contributed by atoms with van der Waals surface area (Å²) in [4.78, 5) is 18.1. The van der Waals surface area contributed by atoms with E-state index in [9.17, 15) is 4.79 Å². The first-order valence-corrected chi connectivity index (χ1v) is 9.39. The lowest BCUT2D eigenvalue weighted by molar-refractivity contribution is -0.133. The normalized spacial score (nSPS) is 15.4. The number of hydrogen-bond acceptors (Lipinski definition) is 4. The molecule has 4 nitrogen and oxygen atoms in total. The quantitative estimate of drug-likeness (QED) is 0.723. The van der Waals surface area contributed by atoms with E-state index in [1.54, 1.807) is 11.3 Å². The van der Waals surface area contributed by atoms with Crippen molar-refractivity contribution in [3.8, 4) is 5.75 Å².